The van der Waals surface area contributed by atoms with Crippen molar-refractivity contribution in [3.63, 3.8) is 0 Å². The average molecular weight is 591 g/mol. The van der Waals surface area contributed by atoms with Gasteiger partial charge in [0.2, 0.25) is 23.8 Å². The van der Waals surface area contributed by atoms with Crippen molar-refractivity contribution in [2.45, 2.75) is 24.5 Å². The third kappa shape index (κ3) is 4.91. The second kappa shape index (κ2) is 10.8. The topological polar surface area (TPSA) is 228 Å². The summed E-state index contributed by atoms with van der Waals surface area (Å²) in [6.45, 7) is -1.35. The number of hydrogen-bond donors (Lipinski definition) is 3. The Balaban J connectivity index is 1.38. The molecular weight excluding hydrogens is 571 g/mol. The Kier molecular flexibility index (Phi) is 7.30. The standard InChI is InChI=1S/C21H19FN10O6S2/c22-7-38-28-12(15-27-21(24)40-29-15)17(34)26-13-18(35)32-14(20(36)37)9(6-39-19(13)32)4-30-3-1-2-10-16(30)25-8-31(10)5-11(23)33/h1-3,8,13,19H,4-7H2,(H5-,23,24,26,27,29,33,34,36,37)/b28-12+. The fourth-order valence-corrected chi connectivity index (χ4v) is 6.09. The lowest BCUT2D eigenvalue weighted by Crippen LogP contribution is -2.71. The van der Waals surface area contributed by atoms with E-state index in [-0.39, 0.29) is 35.5 Å². The van der Waals surface area contributed by atoms with Crippen LogP contribution in [-0.4, -0.2) is 77.2 Å². The number of alkyl halides is 1. The van der Waals surface area contributed by atoms with Gasteiger partial charge in [-0.3, -0.25) is 23.9 Å². The number of carboxylic acids is 1. The Morgan fingerprint density at radius 3 is 2.85 bits per heavy atom. The number of carboxylic acid groups (broad SMARTS) is 1. The number of imidazole rings is 1. The molecule has 2 unspecified atom stereocenters. The molecule has 3 aromatic rings. The molecule has 5 N–H and O–H groups in total. The van der Waals surface area contributed by atoms with E-state index >= 15 is 0 Å². The largest absolute Gasteiger partial charge is 0.543 e. The van der Waals surface area contributed by atoms with Crippen molar-refractivity contribution in [1.82, 2.24) is 29.1 Å². The zero-order valence-corrected chi connectivity index (χ0v) is 21.9. The van der Waals surface area contributed by atoms with Gasteiger partial charge in [-0.15, -0.1) is 11.8 Å². The fourth-order valence-electron chi connectivity index (χ4n) is 4.32. The number of amides is 3. The van der Waals surface area contributed by atoms with Gasteiger partial charge in [0.1, 0.15) is 30.0 Å². The summed E-state index contributed by atoms with van der Waals surface area (Å²) in [6, 6.07) is 2.32. The Labute approximate surface area is 231 Å². The summed E-state index contributed by atoms with van der Waals surface area (Å²) in [4.78, 5) is 63.0. The van der Waals surface area contributed by atoms with Gasteiger partial charge in [0, 0.05) is 22.9 Å². The summed E-state index contributed by atoms with van der Waals surface area (Å²) in [7, 11) is 0. The molecule has 0 spiro atoms. The zero-order chi connectivity index (χ0) is 28.6. The lowest BCUT2D eigenvalue weighted by molar-refractivity contribution is -0.664. The molecule has 19 heteroatoms. The van der Waals surface area contributed by atoms with Gasteiger partial charge >= 0.3 is 5.65 Å². The molecule has 40 heavy (non-hydrogen) atoms. The number of nitrogens with zero attached hydrogens (tertiary/aromatic N) is 7. The van der Waals surface area contributed by atoms with Crippen molar-refractivity contribution in [2.75, 3.05) is 18.3 Å². The maximum absolute atomic E-state index is 13.1. The van der Waals surface area contributed by atoms with Gasteiger partial charge in [-0.1, -0.05) is 5.16 Å². The minimum absolute atomic E-state index is 0.0222. The minimum atomic E-state index is -1.56. The van der Waals surface area contributed by atoms with Crippen LogP contribution in [0.15, 0.2) is 41.1 Å². The van der Waals surface area contributed by atoms with Crippen LogP contribution in [0, 0.1) is 0 Å². The van der Waals surface area contributed by atoms with Gasteiger partial charge in [0.05, 0.1) is 17.9 Å². The van der Waals surface area contributed by atoms with Crippen LogP contribution in [0.3, 0.4) is 0 Å². The van der Waals surface area contributed by atoms with Crippen LogP contribution in [0.1, 0.15) is 5.82 Å². The number of nitrogen functional groups attached to an aromatic ring is 1. The number of aliphatic carboxylic acids is 1. The Hall–Kier alpha value is -4.65. The molecule has 0 aromatic carbocycles. The third-order valence-corrected chi connectivity index (χ3v) is 7.82. The highest BCUT2D eigenvalue weighted by Crippen LogP contribution is 2.40. The zero-order valence-electron chi connectivity index (χ0n) is 20.2. The SMILES string of the molecule is NC(=O)Cn1cnc2c1ccc[n+]2CC1=C(C(=O)[O-])N2C(=O)C(NC(=O)/C(=N/OCF)c3nsc(N)n3)C2SC1. The summed E-state index contributed by atoms with van der Waals surface area (Å²) in [5.74, 6) is -3.80. The number of oxime groups is 1. The predicted molar refractivity (Wildman–Crippen MR) is 134 cm³/mol. The van der Waals surface area contributed by atoms with Gasteiger partial charge < -0.3 is 31.5 Å². The molecular formula is C21H19FN10O6S2. The average Bonchev–Trinajstić information content (AvgIpc) is 3.53. The number of primary amides is 1. The first kappa shape index (κ1) is 26.9. The van der Waals surface area contributed by atoms with Gasteiger partial charge in [0.15, 0.2) is 5.13 Å². The Morgan fingerprint density at radius 1 is 1.38 bits per heavy atom. The summed E-state index contributed by atoms with van der Waals surface area (Å²) in [5, 5.41) is 17.3. The molecule has 5 rings (SSSR count). The van der Waals surface area contributed by atoms with E-state index in [9.17, 15) is 28.7 Å². The molecule has 2 aliphatic heterocycles. The number of anilines is 1. The molecule has 0 aliphatic carbocycles. The number of rotatable bonds is 10. The van der Waals surface area contributed by atoms with E-state index in [0.29, 0.717) is 16.7 Å². The first-order valence-corrected chi connectivity index (χ1v) is 13.2. The van der Waals surface area contributed by atoms with Crippen LogP contribution in [0.4, 0.5) is 9.52 Å². The Morgan fingerprint density at radius 2 is 2.17 bits per heavy atom. The maximum Gasteiger partial charge on any atom is 0.349 e. The molecule has 208 valence electrons. The number of thioether (sulfide) groups is 1. The quantitative estimate of drug-likeness (QED) is 0.0932. The van der Waals surface area contributed by atoms with Crippen LogP contribution in [-0.2, 0) is 37.1 Å². The fraction of sp³-hybridized carbons (Fsp3) is 0.286. The van der Waals surface area contributed by atoms with Gasteiger partial charge in [0.25, 0.3) is 18.7 Å². The number of fused-ring (bicyclic) bond motifs is 2. The van der Waals surface area contributed by atoms with Gasteiger partial charge in [-0.05, 0) is 17.1 Å². The lowest BCUT2D eigenvalue weighted by Gasteiger charge is -2.50. The minimum Gasteiger partial charge on any atom is -0.543 e. The number of hydrogen-bond acceptors (Lipinski definition) is 13. The number of nitrogens with two attached hydrogens (primary N) is 2. The smallest absolute Gasteiger partial charge is 0.349 e. The maximum atomic E-state index is 13.1. The van der Waals surface area contributed by atoms with Crippen LogP contribution in [0.2, 0.25) is 0 Å². The first-order chi connectivity index (χ1) is 19.2. The van der Waals surface area contributed by atoms with Crippen LogP contribution in [0.5, 0.6) is 0 Å². The number of nitrogens with one attached hydrogen (secondary N) is 1. The van der Waals surface area contributed by atoms with E-state index in [1.54, 1.807) is 27.5 Å². The van der Waals surface area contributed by atoms with E-state index < -0.39 is 47.7 Å². The van der Waals surface area contributed by atoms with Crippen molar-refractivity contribution in [1.29, 1.82) is 0 Å². The van der Waals surface area contributed by atoms with Crippen LogP contribution >= 0.6 is 23.3 Å². The van der Waals surface area contributed by atoms with Gasteiger partial charge in [-0.2, -0.15) is 9.36 Å². The molecule has 1 fully saturated rings. The molecule has 1 saturated heterocycles. The first-order valence-electron chi connectivity index (χ1n) is 11.4. The molecule has 0 saturated carbocycles. The van der Waals surface area contributed by atoms with E-state index in [1.165, 1.54) is 18.1 Å². The third-order valence-electron chi connectivity index (χ3n) is 5.94. The molecule has 2 aliphatic rings. The van der Waals surface area contributed by atoms with Crippen LogP contribution in [0.25, 0.3) is 11.2 Å². The molecule has 3 amide bonds. The summed E-state index contributed by atoms with van der Waals surface area (Å²) in [5.41, 5.74) is 11.5. The Bertz CT molecular complexity index is 1600. The molecule has 16 nitrogen and oxygen atoms in total. The summed E-state index contributed by atoms with van der Waals surface area (Å²) < 4.78 is 19.6. The summed E-state index contributed by atoms with van der Waals surface area (Å²) >= 11 is 2.00. The number of halogens is 1. The number of pyridine rings is 1. The number of aromatic nitrogens is 5. The lowest BCUT2D eigenvalue weighted by atomic mass is 10.0. The second-order valence-corrected chi connectivity index (χ2v) is 10.3. The highest BCUT2D eigenvalue weighted by Gasteiger charge is 2.53. The van der Waals surface area contributed by atoms with E-state index in [4.69, 9.17) is 11.5 Å². The number of carbonyl (C=O) groups is 4. The van der Waals surface area contributed by atoms with E-state index in [0.717, 1.165) is 16.4 Å². The monoisotopic (exact) mass is 590 g/mol. The van der Waals surface area contributed by atoms with Crippen LogP contribution < -0.4 is 26.5 Å². The highest BCUT2D eigenvalue weighted by molar-refractivity contribution is 8.00. The van der Waals surface area contributed by atoms with E-state index in [2.05, 4.69) is 29.7 Å². The van der Waals surface area contributed by atoms with Crippen molar-refractivity contribution < 1.29 is 38.1 Å². The number of β-lactam (4-membered cyclic amide) rings is 1. The highest BCUT2D eigenvalue weighted by atomic mass is 32.2. The molecule has 3 aromatic heterocycles. The van der Waals surface area contributed by atoms with Crippen molar-refractivity contribution in [3.05, 3.63) is 41.8 Å². The second-order valence-electron chi connectivity index (χ2n) is 8.42. The van der Waals surface area contributed by atoms with Crippen molar-refractivity contribution >= 4 is 69.0 Å². The van der Waals surface area contributed by atoms with Crippen molar-refractivity contribution in [3.8, 4) is 0 Å². The predicted octanol–water partition coefficient (Wildman–Crippen LogP) is -3.01. The summed E-state index contributed by atoms with van der Waals surface area (Å²) in [6.07, 6.45) is 3.13. The molecule has 0 bridgehead atoms. The molecule has 2 atom stereocenters. The number of carbonyl (C=O) groups excluding carboxylic acids is 4. The van der Waals surface area contributed by atoms with E-state index in [1.807, 2.05) is 0 Å². The van der Waals surface area contributed by atoms with Crippen molar-refractivity contribution in [2.24, 2.45) is 10.9 Å². The molecule has 5 heterocycles. The van der Waals surface area contributed by atoms with Gasteiger partial charge in [-0.25, -0.2) is 8.96 Å². The molecule has 0 radical (unpaired) electrons. The normalized spacial score (nSPS) is 18.9.